The van der Waals surface area contributed by atoms with Crippen molar-refractivity contribution in [2.75, 3.05) is 23.8 Å². The Hall–Kier alpha value is -1.43. The Kier molecular flexibility index (Phi) is 4.42. The number of halogens is 3. The number of hydrogen-bond acceptors (Lipinski definition) is 3. The van der Waals surface area contributed by atoms with Crippen molar-refractivity contribution in [1.29, 1.82) is 0 Å². The molecule has 20 heavy (non-hydrogen) atoms. The quantitative estimate of drug-likeness (QED) is 0.837. The van der Waals surface area contributed by atoms with Gasteiger partial charge in [0.25, 0.3) is 0 Å². The molecule has 0 aromatic heterocycles. The number of aliphatic hydroxyl groups excluding tert-OH is 1. The molecule has 0 radical (unpaired) electrons. The van der Waals surface area contributed by atoms with Gasteiger partial charge >= 0.3 is 6.18 Å². The molecule has 2 rings (SSSR count). The standard InChI is InChI=1S/C14H19F3N2O/c15-14(16,17)12-9-11(5-6-13(12)18)19(7-8-20)10-3-1-2-4-10/h5-6,9-10,20H,1-4,7-8,18H2. The number of benzene rings is 1. The van der Waals surface area contributed by atoms with E-state index < -0.39 is 11.7 Å². The van der Waals surface area contributed by atoms with Gasteiger partial charge < -0.3 is 15.7 Å². The van der Waals surface area contributed by atoms with Crippen LogP contribution in [-0.4, -0.2) is 24.3 Å². The van der Waals surface area contributed by atoms with Crippen molar-refractivity contribution in [3.8, 4) is 0 Å². The maximum Gasteiger partial charge on any atom is 0.418 e. The lowest BCUT2D eigenvalue weighted by Gasteiger charge is -2.31. The van der Waals surface area contributed by atoms with Crippen LogP contribution < -0.4 is 10.6 Å². The molecule has 1 saturated carbocycles. The number of anilines is 2. The Morgan fingerprint density at radius 3 is 2.45 bits per heavy atom. The fourth-order valence-electron chi connectivity index (χ4n) is 2.81. The number of nitrogens with two attached hydrogens (primary N) is 1. The van der Waals surface area contributed by atoms with E-state index in [2.05, 4.69) is 0 Å². The zero-order valence-corrected chi connectivity index (χ0v) is 11.2. The summed E-state index contributed by atoms with van der Waals surface area (Å²) >= 11 is 0. The fraction of sp³-hybridized carbons (Fsp3) is 0.571. The molecule has 1 aromatic carbocycles. The topological polar surface area (TPSA) is 49.5 Å². The molecule has 0 atom stereocenters. The second-order valence-corrected chi connectivity index (χ2v) is 5.12. The Morgan fingerprint density at radius 2 is 1.90 bits per heavy atom. The minimum absolute atomic E-state index is 0.0811. The predicted molar refractivity (Wildman–Crippen MR) is 72.5 cm³/mol. The first-order valence-corrected chi connectivity index (χ1v) is 6.77. The number of rotatable bonds is 4. The number of hydrogen-bond donors (Lipinski definition) is 2. The van der Waals surface area contributed by atoms with Crippen LogP contribution in [0.15, 0.2) is 18.2 Å². The second-order valence-electron chi connectivity index (χ2n) is 5.12. The van der Waals surface area contributed by atoms with Crippen molar-refractivity contribution in [3.63, 3.8) is 0 Å². The van der Waals surface area contributed by atoms with Gasteiger partial charge in [-0.25, -0.2) is 0 Å². The normalized spacial score (nSPS) is 16.6. The van der Waals surface area contributed by atoms with E-state index in [-0.39, 0.29) is 18.3 Å². The van der Waals surface area contributed by atoms with Crippen LogP contribution in [0.2, 0.25) is 0 Å². The van der Waals surface area contributed by atoms with Crippen molar-refractivity contribution in [1.82, 2.24) is 0 Å². The van der Waals surface area contributed by atoms with Gasteiger partial charge in [0.2, 0.25) is 0 Å². The van der Waals surface area contributed by atoms with Gasteiger partial charge in [0.05, 0.1) is 12.2 Å². The summed E-state index contributed by atoms with van der Waals surface area (Å²) in [5.74, 6) is 0. The Labute approximate surface area is 116 Å². The summed E-state index contributed by atoms with van der Waals surface area (Å²) in [4.78, 5) is 1.86. The lowest BCUT2D eigenvalue weighted by Crippen LogP contribution is -2.35. The van der Waals surface area contributed by atoms with Gasteiger partial charge in [0.1, 0.15) is 0 Å². The van der Waals surface area contributed by atoms with E-state index in [0.29, 0.717) is 12.2 Å². The summed E-state index contributed by atoms with van der Waals surface area (Å²) in [5.41, 5.74) is 4.82. The van der Waals surface area contributed by atoms with Crippen LogP contribution in [0.25, 0.3) is 0 Å². The third-order valence-electron chi connectivity index (χ3n) is 3.78. The summed E-state index contributed by atoms with van der Waals surface area (Å²) in [7, 11) is 0. The largest absolute Gasteiger partial charge is 0.418 e. The molecule has 0 saturated heterocycles. The van der Waals surface area contributed by atoms with E-state index in [1.54, 1.807) is 6.07 Å². The van der Waals surface area contributed by atoms with Crippen molar-refractivity contribution < 1.29 is 18.3 Å². The Balaban J connectivity index is 2.33. The van der Waals surface area contributed by atoms with E-state index in [0.717, 1.165) is 31.7 Å². The van der Waals surface area contributed by atoms with Gasteiger partial charge in [0, 0.05) is 24.0 Å². The van der Waals surface area contributed by atoms with Crippen LogP contribution in [0, 0.1) is 0 Å². The van der Waals surface area contributed by atoms with Crippen LogP contribution in [0.4, 0.5) is 24.5 Å². The number of alkyl halides is 3. The van der Waals surface area contributed by atoms with Crippen molar-refractivity contribution in [3.05, 3.63) is 23.8 Å². The molecule has 0 heterocycles. The van der Waals surface area contributed by atoms with Crippen molar-refractivity contribution in [2.45, 2.75) is 37.9 Å². The highest BCUT2D eigenvalue weighted by atomic mass is 19.4. The smallest absolute Gasteiger partial charge is 0.398 e. The van der Waals surface area contributed by atoms with Crippen LogP contribution in [0.3, 0.4) is 0 Å². The number of nitrogen functional groups attached to an aromatic ring is 1. The lowest BCUT2D eigenvalue weighted by atomic mass is 10.1. The van der Waals surface area contributed by atoms with Crippen LogP contribution in [0.1, 0.15) is 31.2 Å². The fourth-order valence-corrected chi connectivity index (χ4v) is 2.81. The van der Waals surface area contributed by atoms with E-state index in [1.165, 1.54) is 6.07 Å². The first kappa shape index (κ1) is 15.0. The molecule has 1 aromatic rings. The minimum Gasteiger partial charge on any atom is -0.398 e. The summed E-state index contributed by atoms with van der Waals surface area (Å²) in [5, 5.41) is 9.15. The lowest BCUT2D eigenvalue weighted by molar-refractivity contribution is -0.136. The molecule has 0 spiro atoms. The second kappa shape index (κ2) is 5.91. The van der Waals surface area contributed by atoms with Crippen LogP contribution in [0.5, 0.6) is 0 Å². The van der Waals surface area contributed by atoms with E-state index in [1.807, 2.05) is 4.90 Å². The maximum absolute atomic E-state index is 12.9. The van der Waals surface area contributed by atoms with Gasteiger partial charge in [-0.2, -0.15) is 13.2 Å². The van der Waals surface area contributed by atoms with E-state index >= 15 is 0 Å². The predicted octanol–water partition coefficient (Wildman–Crippen LogP) is 3.03. The Morgan fingerprint density at radius 1 is 1.25 bits per heavy atom. The molecule has 1 aliphatic carbocycles. The van der Waals surface area contributed by atoms with Crippen LogP contribution >= 0.6 is 0 Å². The molecule has 3 N–H and O–H groups in total. The summed E-state index contributed by atoms with van der Waals surface area (Å²) in [6.45, 7) is 0.258. The van der Waals surface area contributed by atoms with Gasteiger partial charge in [-0.05, 0) is 31.0 Å². The highest BCUT2D eigenvalue weighted by Crippen LogP contribution is 2.37. The SMILES string of the molecule is Nc1ccc(N(CCO)C2CCCC2)cc1C(F)(F)F. The molecular formula is C14H19F3N2O. The zero-order valence-electron chi connectivity index (χ0n) is 11.2. The third-order valence-corrected chi connectivity index (χ3v) is 3.78. The van der Waals surface area contributed by atoms with Gasteiger partial charge in [0.15, 0.2) is 0 Å². The highest BCUT2D eigenvalue weighted by Gasteiger charge is 2.34. The average molecular weight is 288 g/mol. The van der Waals surface area contributed by atoms with Gasteiger partial charge in [-0.1, -0.05) is 12.8 Å². The third kappa shape index (κ3) is 3.17. The molecule has 1 aliphatic rings. The molecular weight excluding hydrogens is 269 g/mol. The monoisotopic (exact) mass is 288 g/mol. The molecule has 0 bridgehead atoms. The number of aliphatic hydroxyl groups is 1. The minimum atomic E-state index is -4.46. The summed E-state index contributed by atoms with van der Waals surface area (Å²) < 4.78 is 38.7. The summed E-state index contributed by atoms with van der Waals surface area (Å²) in [6, 6.07) is 4.17. The van der Waals surface area contributed by atoms with E-state index in [9.17, 15) is 13.2 Å². The summed E-state index contributed by atoms with van der Waals surface area (Å²) in [6.07, 6.45) is -0.403. The van der Waals surface area contributed by atoms with Crippen LogP contribution in [-0.2, 0) is 6.18 Å². The highest BCUT2D eigenvalue weighted by molar-refractivity contribution is 5.60. The van der Waals surface area contributed by atoms with Crippen molar-refractivity contribution >= 4 is 11.4 Å². The average Bonchev–Trinajstić information content (AvgIpc) is 2.89. The maximum atomic E-state index is 12.9. The molecule has 112 valence electrons. The zero-order chi connectivity index (χ0) is 14.8. The number of nitrogens with zero attached hydrogens (tertiary/aromatic N) is 1. The molecule has 0 unspecified atom stereocenters. The Bertz CT molecular complexity index is 456. The first-order chi connectivity index (χ1) is 9.43. The van der Waals surface area contributed by atoms with Gasteiger partial charge in [-0.15, -0.1) is 0 Å². The first-order valence-electron chi connectivity index (χ1n) is 6.77. The molecule has 1 fully saturated rings. The molecule has 3 nitrogen and oxygen atoms in total. The molecule has 0 amide bonds. The van der Waals surface area contributed by atoms with Crippen molar-refractivity contribution in [2.24, 2.45) is 0 Å². The van der Waals surface area contributed by atoms with Gasteiger partial charge in [-0.3, -0.25) is 0 Å². The molecule has 0 aliphatic heterocycles. The molecule has 6 heteroatoms. The van der Waals surface area contributed by atoms with E-state index in [4.69, 9.17) is 10.8 Å².